The molecule has 2 aliphatic heterocycles. The van der Waals surface area contributed by atoms with Crippen LogP contribution in [0.4, 0.5) is 11.4 Å². The number of likely N-dealkylation sites (tertiary alicyclic amines) is 1. The van der Waals surface area contributed by atoms with E-state index in [1.165, 1.54) is 7.11 Å². The van der Waals surface area contributed by atoms with Crippen LogP contribution in [0.15, 0.2) is 42.5 Å². The highest BCUT2D eigenvalue weighted by Gasteiger charge is 2.48. The number of carbonyl (C=O) groups excluding carboxylic acids is 2. The minimum Gasteiger partial charge on any atom is -0.508 e. The summed E-state index contributed by atoms with van der Waals surface area (Å²) < 4.78 is 10.8. The highest BCUT2D eigenvalue weighted by Crippen LogP contribution is 2.47. The molecule has 2 fully saturated rings. The SMILES string of the molecule is [C-]#[N+]c1ccc(C(=O)N[C@@H]2CCCC[C@@H]2C(=O)N2CC[C@@H]3[C@H](COC)Nc4ccccc4[C@@H]32)cc1OC. The topological polar surface area (TPSA) is 84.3 Å². The van der Waals surface area contributed by atoms with Gasteiger partial charge in [-0.15, -0.1) is 0 Å². The fraction of sp³-hybridized carbons (Fsp3) is 0.483. The van der Waals surface area contributed by atoms with Gasteiger partial charge < -0.3 is 25.0 Å². The molecule has 0 aromatic heterocycles. The first-order valence-electron chi connectivity index (χ1n) is 13.1. The molecular weight excluding hydrogens is 468 g/mol. The Labute approximate surface area is 218 Å². The van der Waals surface area contributed by atoms with Gasteiger partial charge in [-0.25, -0.2) is 4.85 Å². The Kier molecular flexibility index (Phi) is 7.33. The minimum atomic E-state index is -0.260. The second-order valence-corrected chi connectivity index (χ2v) is 10.2. The van der Waals surface area contributed by atoms with Gasteiger partial charge in [-0.3, -0.25) is 9.59 Å². The van der Waals surface area contributed by atoms with E-state index in [4.69, 9.17) is 16.0 Å². The summed E-state index contributed by atoms with van der Waals surface area (Å²) in [7, 11) is 3.20. The Bertz CT molecular complexity index is 1210. The molecule has 0 unspecified atom stereocenters. The maximum atomic E-state index is 14.1. The van der Waals surface area contributed by atoms with Crippen molar-refractivity contribution in [1.29, 1.82) is 0 Å². The van der Waals surface area contributed by atoms with Crippen LogP contribution >= 0.6 is 0 Å². The Morgan fingerprint density at radius 2 is 1.95 bits per heavy atom. The smallest absolute Gasteiger partial charge is 0.251 e. The number of hydrogen-bond acceptors (Lipinski definition) is 5. The zero-order valence-electron chi connectivity index (χ0n) is 21.4. The van der Waals surface area contributed by atoms with Crippen LogP contribution in [-0.2, 0) is 9.53 Å². The van der Waals surface area contributed by atoms with Gasteiger partial charge in [0.25, 0.3) is 5.91 Å². The molecular formula is C29H34N4O4. The number of nitrogens with one attached hydrogen (secondary N) is 2. The molecule has 2 amide bonds. The van der Waals surface area contributed by atoms with Crippen LogP contribution in [0.3, 0.4) is 0 Å². The second-order valence-electron chi connectivity index (χ2n) is 10.2. The predicted molar refractivity (Wildman–Crippen MR) is 141 cm³/mol. The van der Waals surface area contributed by atoms with Gasteiger partial charge in [0, 0.05) is 36.9 Å². The van der Waals surface area contributed by atoms with Gasteiger partial charge in [-0.05, 0) is 37.0 Å². The van der Waals surface area contributed by atoms with Crippen LogP contribution in [0.25, 0.3) is 4.85 Å². The lowest BCUT2D eigenvalue weighted by molar-refractivity contribution is -0.139. The molecule has 1 saturated heterocycles. The van der Waals surface area contributed by atoms with E-state index in [-0.39, 0.29) is 41.8 Å². The molecule has 1 aliphatic carbocycles. The average Bonchev–Trinajstić information content (AvgIpc) is 3.39. The standard InChI is InChI=1S/C29H34N4O4/c1-30-24-13-12-18(16-26(24)37-3)28(34)32-23-11-7-5-9-21(23)29(35)33-15-14-20-25(17-36-2)31-22-10-6-4-8-19(22)27(20)33/h4,6,8,10,12-13,16,20-21,23,25,27,31H,5,7,9,11,14-15,17H2,2-3H3,(H,32,34)/t20-,21+,23-,25+,27+/m1/s1. The quantitative estimate of drug-likeness (QED) is 0.566. The monoisotopic (exact) mass is 502 g/mol. The van der Waals surface area contributed by atoms with Crippen molar-refractivity contribution in [3.8, 4) is 5.75 Å². The molecule has 2 N–H and O–H groups in total. The van der Waals surface area contributed by atoms with Crippen molar-refractivity contribution in [2.75, 3.05) is 32.7 Å². The Hall–Kier alpha value is -3.57. The van der Waals surface area contributed by atoms with Gasteiger partial charge in [0.2, 0.25) is 11.6 Å². The number of hydrogen-bond donors (Lipinski definition) is 2. The van der Waals surface area contributed by atoms with Crippen molar-refractivity contribution in [2.24, 2.45) is 11.8 Å². The number of rotatable bonds is 6. The summed E-state index contributed by atoms with van der Waals surface area (Å²) in [5, 5.41) is 6.78. The van der Waals surface area contributed by atoms with Gasteiger partial charge in [0.05, 0.1) is 38.3 Å². The molecule has 194 valence electrons. The van der Waals surface area contributed by atoms with Crippen molar-refractivity contribution >= 4 is 23.2 Å². The van der Waals surface area contributed by atoms with Gasteiger partial charge in [-0.1, -0.05) is 43.2 Å². The van der Waals surface area contributed by atoms with E-state index in [2.05, 4.69) is 32.5 Å². The van der Waals surface area contributed by atoms with Crippen molar-refractivity contribution in [1.82, 2.24) is 10.2 Å². The van der Waals surface area contributed by atoms with Crippen molar-refractivity contribution in [2.45, 2.75) is 50.2 Å². The van der Waals surface area contributed by atoms with Gasteiger partial charge in [0.1, 0.15) is 5.75 Å². The van der Waals surface area contributed by atoms with Crippen LogP contribution in [0, 0.1) is 18.4 Å². The normalized spacial score (nSPS) is 26.3. The molecule has 3 aliphatic rings. The number of amides is 2. The Morgan fingerprint density at radius 1 is 1.14 bits per heavy atom. The molecule has 0 spiro atoms. The summed E-state index contributed by atoms with van der Waals surface area (Å²) >= 11 is 0. The first-order chi connectivity index (χ1) is 18.0. The third-order valence-corrected chi connectivity index (χ3v) is 8.17. The van der Waals surface area contributed by atoms with E-state index in [1.54, 1.807) is 25.3 Å². The maximum absolute atomic E-state index is 14.1. The van der Waals surface area contributed by atoms with Crippen LogP contribution in [0.5, 0.6) is 5.75 Å². The summed E-state index contributed by atoms with van der Waals surface area (Å²) in [5.74, 6) is 0.280. The molecule has 2 aromatic carbocycles. The first-order valence-corrected chi connectivity index (χ1v) is 13.1. The fourth-order valence-electron chi connectivity index (χ4n) is 6.40. The number of benzene rings is 2. The van der Waals surface area contributed by atoms with E-state index < -0.39 is 0 Å². The first kappa shape index (κ1) is 25.1. The Balaban J connectivity index is 1.37. The van der Waals surface area contributed by atoms with Crippen LogP contribution in [0.1, 0.15) is 54.1 Å². The molecule has 37 heavy (non-hydrogen) atoms. The molecule has 5 atom stereocenters. The van der Waals surface area contributed by atoms with Gasteiger partial charge >= 0.3 is 0 Å². The lowest BCUT2D eigenvalue weighted by atomic mass is 9.81. The number of anilines is 1. The third-order valence-electron chi connectivity index (χ3n) is 8.17. The molecule has 2 aromatic rings. The van der Waals surface area contributed by atoms with Crippen molar-refractivity contribution in [3.63, 3.8) is 0 Å². The van der Waals surface area contributed by atoms with Gasteiger partial charge in [0.15, 0.2) is 0 Å². The number of fused-ring (bicyclic) bond motifs is 3. The highest BCUT2D eigenvalue weighted by atomic mass is 16.5. The number of ether oxygens (including phenoxy) is 2. The Morgan fingerprint density at radius 3 is 2.73 bits per heavy atom. The fourth-order valence-corrected chi connectivity index (χ4v) is 6.40. The molecule has 8 heteroatoms. The molecule has 1 saturated carbocycles. The predicted octanol–water partition coefficient (Wildman–Crippen LogP) is 4.56. The number of para-hydroxylation sites is 1. The van der Waals surface area contributed by atoms with Crippen molar-refractivity contribution < 1.29 is 19.1 Å². The van der Waals surface area contributed by atoms with E-state index in [9.17, 15) is 9.59 Å². The summed E-state index contributed by atoms with van der Waals surface area (Å²) in [6.07, 6.45) is 4.40. The van der Waals surface area contributed by atoms with Crippen LogP contribution in [-0.4, -0.2) is 56.2 Å². The molecule has 2 heterocycles. The molecule has 5 rings (SSSR count). The zero-order valence-corrected chi connectivity index (χ0v) is 21.4. The zero-order chi connectivity index (χ0) is 25.9. The number of nitrogens with zero attached hydrogens (tertiary/aromatic N) is 2. The summed E-state index contributed by atoms with van der Waals surface area (Å²) in [4.78, 5) is 32.8. The molecule has 8 nitrogen and oxygen atoms in total. The minimum absolute atomic E-state index is 0.00815. The lowest BCUT2D eigenvalue weighted by Gasteiger charge is -2.41. The number of carbonyl (C=O) groups is 2. The molecule has 0 radical (unpaired) electrons. The third kappa shape index (κ3) is 4.76. The van der Waals surface area contributed by atoms with Crippen LogP contribution < -0.4 is 15.4 Å². The van der Waals surface area contributed by atoms with E-state index in [0.29, 0.717) is 30.2 Å². The highest BCUT2D eigenvalue weighted by molar-refractivity contribution is 5.96. The summed E-state index contributed by atoms with van der Waals surface area (Å²) in [6.45, 7) is 8.56. The van der Waals surface area contributed by atoms with Crippen molar-refractivity contribution in [3.05, 3.63) is 65.0 Å². The average molecular weight is 503 g/mol. The van der Waals surface area contributed by atoms with E-state index in [1.807, 2.05) is 12.1 Å². The summed E-state index contributed by atoms with van der Waals surface area (Å²) in [5.41, 5.74) is 3.02. The van der Waals surface area contributed by atoms with Crippen LogP contribution in [0.2, 0.25) is 0 Å². The number of methoxy groups -OCH3 is 2. The maximum Gasteiger partial charge on any atom is 0.251 e. The summed E-state index contributed by atoms with van der Waals surface area (Å²) in [6, 6.07) is 13.0. The van der Waals surface area contributed by atoms with Gasteiger partial charge in [-0.2, -0.15) is 0 Å². The molecule has 0 bridgehead atoms. The lowest BCUT2D eigenvalue weighted by Crippen LogP contribution is -2.50. The largest absolute Gasteiger partial charge is 0.508 e. The second kappa shape index (κ2) is 10.8. The van der Waals surface area contributed by atoms with E-state index >= 15 is 0 Å². The van der Waals surface area contributed by atoms with E-state index in [0.717, 1.165) is 43.4 Å².